The summed E-state index contributed by atoms with van der Waals surface area (Å²) in [4.78, 5) is 39.9. The third-order valence-electron chi connectivity index (χ3n) is 5.51. The number of benzene rings is 1. The van der Waals surface area contributed by atoms with E-state index in [0.29, 0.717) is 23.3 Å². The molecule has 0 unspecified atom stereocenters. The summed E-state index contributed by atoms with van der Waals surface area (Å²) in [6, 6.07) is 10.5. The van der Waals surface area contributed by atoms with E-state index in [1.807, 2.05) is 42.2 Å². The number of allylic oxidation sites excluding steroid dienone is 1. The first-order valence-electron chi connectivity index (χ1n) is 9.88. The van der Waals surface area contributed by atoms with Crippen molar-refractivity contribution >= 4 is 29.5 Å². The van der Waals surface area contributed by atoms with Gasteiger partial charge in [0.25, 0.3) is 5.91 Å². The van der Waals surface area contributed by atoms with Gasteiger partial charge in [-0.1, -0.05) is 42.1 Å². The van der Waals surface area contributed by atoms with E-state index in [-0.39, 0.29) is 5.70 Å². The predicted octanol–water partition coefficient (Wildman–Crippen LogP) is -0.246. The Morgan fingerprint density at radius 2 is 1.90 bits per heavy atom. The van der Waals surface area contributed by atoms with Crippen molar-refractivity contribution in [3.05, 3.63) is 71.0 Å². The molecule has 31 heavy (non-hydrogen) atoms. The number of thioether (sulfide) groups is 1. The number of aromatic nitrogens is 1. The van der Waals surface area contributed by atoms with Crippen LogP contribution in [-0.2, 0) is 21.4 Å². The maximum Gasteiger partial charge on any atom is 0.252 e. The van der Waals surface area contributed by atoms with Crippen LogP contribution in [0.25, 0.3) is 0 Å². The van der Waals surface area contributed by atoms with Crippen LogP contribution < -0.4 is 20.7 Å². The highest BCUT2D eigenvalue weighted by Crippen LogP contribution is 2.42. The SMILES string of the molecule is C[n+]1ccc(SC2=C(C(=O)[O-])N3C(=O)[C@@H](NC(=O)[C@H](N)c4ccccc4)[C@H]3CC2)cc1. The molecular formula is C22H22N4O4S. The lowest BCUT2D eigenvalue weighted by Gasteiger charge is -2.51. The maximum atomic E-state index is 12.8. The molecule has 1 aromatic carbocycles. The summed E-state index contributed by atoms with van der Waals surface area (Å²) < 4.78 is 1.88. The van der Waals surface area contributed by atoms with Crippen LogP contribution >= 0.6 is 11.8 Å². The van der Waals surface area contributed by atoms with Gasteiger partial charge in [0, 0.05) is 21.9 Å². The number of aliphatic carboxylic acids is 1. The zero-order chi connectivity index (χ0) is 22.1. The van der Waals surface area contributed by atoms with Crippen LogP contribution in [-0.4, -0.2) is 34.8 Å². The van der Waals surface area contributed by atoms with Crippen molar-refractivity contribution in [2.45, 2.75) is 35.9 Å². The number of aryl methyl sites for hydroxylation is 1. The first-order chi connectivity index (χ1) is 14.9. The minimum atomic E-state index is -1.40. The Kier molecular flexibility index (Phi) is 5.79. The normalized spacial score (nSPS) is 21.2. The molecule has 9 heteroatoms. The van der Waals surface area contributed by atoms with Crippen LogP contribution in [0.3, 0.4) is 0 Å². The van der Waals surface area contributed by atoms with E-state index in [2.05, 4.69) is 5.32 Å². The molecular weight excluding hydrogens is 416 g/mol. The molecule has 8 nitrogen and oxygen atoms in total. The average molecular weight is 439 g/mol. The highest BCUT2D eigenvalue weighted by Gasteiger charge is 2.52. The Hall–Kier alpha value is -3.17. The summed E-state index contributed by atoms with van der Waals surface area (Å²) in [5.74, 6) is -2.33. The van der Waals surface area contributed by atoms with E-state index in [4.69, 9.17) is 5.73 Å². The number of carboxylic acid groups (broad SMARTS) is 1. The van der Waals surface area contributed by atoms with Gasteiger partial charge in [-0.2, -0.15) is 0 Å². The molecule has 1 fully saturated rings. The second-order valence-corrected chi connectivity index (χ2v) is 8.72. The van der Waals surface area contributed by atoms with E-state index in [1.54, 1.807) is 24.3 Å². The standard InChI is InChI=1S/C22H22N4O4S/c1-25-11-9-14(10-12-25)31-16-8-7-15-18(21(28)26(15)19(16)22(29)30)24-20(27)17(23)13-5-3-2-4-6-13/h2-6,9-12,15,17-18H,7-8,23H2,1H3,(H-,24,27,29,30)/t15-,17-,18+/m1/s1. The molecule has 0 aliphatic carbocycles. The number of carbonyl (C=O) groups excluding carboxylic acids is 3. The van der Waals surface area contributed by atoms with Crippen LogP contribution in [0.4, 0.5) is 0 Å². The van der Waals surface area contributed by atoms with E-state index < -0.39 is 35.9 Å². The smallest absolute Gasteiger partial charge is 0.252 e. The Morgan fingerprint density at radius 1 is 1.23 bits per heavy atom. The summed E-state index contributed by atoms with van der Waals surface area (Å²) in [5.41, 5.74) is 6.54. The number of rotatable bonds is 6. The molecule has 1 aromatic heterocycles. The fourth-order valence-electron chi connectivity index (χ4n) is 3.87. The molecule has 2 aromatic rings. The maximum absolute atomic E-state index is 12.8. The summed E-state index contributed by atoms with van der Waals surface area (Å²) in [7, 11) is 1.89. The Balaban J connectivity index is 1.50. The van der Waals surface area contributed by atoms with Crippen LogP contribution in [0.5, 0.6) is 0 Å². The van der Waals surface area contributed by atoms with Crippen molar-refractivity contribution in [2.24, 2.45) is 12.8 Å². The zero-order valence-corrected chi connectivity index (χ0v) is 17.7. The molecule has 0 radical (unpaired) electrons. The molecule has 0 saturated carbocycles. The molecule has 3 heterocycles. The van der Waals surface area contributed by atoms with E-state index in [1.165, 1.54) is 16.7 Å². The molecule has 1 saturated heterocycles. The van der Waals surface area contributed by atoms with Crippen molar-refractivity contribution in [1.82, 2.24) is 10.2 Å². The highest BCUT2D eigenvalue weighted by atomic mass is 32.2. The molecule has 2 aliphatic rings. The Morgan fingerprint density at radius 3 is 2.55 bits per heavy atom. The lowest BCUT2D eigenvalue weighted by atomic mass is 9.86. The molecule has 160 valence electrons. The summed E-state index contributed by atoms with van der Waals surface area (Å²) in [5, 5.41) is 14.6. The Bertz CT molecular complexity index is 1050. The van der Waals surface area contributed by atoms with Gasteiger partial charge in [-0.05, 0) is 18.4 Å². The number of fused-ring (bicyclic) bond motifs is 1. The number of carbonyl (C=O) groups is 3. The molecule has 4 rings (SSSR count). The van der Waals surface area contributed by atoms with Gasteiger partial charge in [-0.3, -0.25) is 9.59 Å². The number of amides is 2. The fraction of sp³-hybridized carbons (Fsp3) is 0.273. The highest BCUT2D eigenvalue weighted by molar-refractivity contribution is 8.03. The van der Waals surface area contributed by atoms with Crippen LogP contribution in [0.2, 0.25) is 0 Å². The minimum Gasteiger partial charge on any atom is -0.543 e. The third-order valence-corrected chi connectivity index (χ3v) is 6.67. The van der Waals surface area contributed by atoms with Gasteiger partial charge in [-0.25, -0.2) is 4.57 Å². The number of hydrogen-bond donors (Lipinski definition) is 2. The molecule has 2 amide bonds. The van der Waals surface area contributed by atoms with Gasteiger partial charge in [0.05, 0.1) is 17.7 Å². The van der Waals surface area contributed by atoms with Crippen LogP contribution in [0, 0.1) is 0 Å². The summed E-state index contributed by atoms with van der Waals surface area (Å²) in [6.45, 7) is 0. The van der Waals surface area contributed by atoms with E-state index >= 15 is 0 Å². The third kappa shape index (κ3) is 4.06. The van der Waals surface area contributed by atoms with Crippen molar-refractivity contribution in [3.8, 4) is 0 Å². The van der Waals surface area contributed by atoms with Crippen LogP contribution in [0.15, 0.2) is 70.4 Å². The number of carboxylic acids is 1. The number of β-lactam (4-membered cyclic amide) rings is 1. The molecule has 0 bridgehead atoms. The van der Waals surface area contributed by atoms with E-state index in [9.17, 15) is 19.5 Å². The van der Waals surface area contributed by atoms with Crippen LogP contribution in [0.1, 0.15) is 24.4 Å². The van der Waals surface area contributed by atoms with Crippen molar-refractivity contribution in [2.75, 3.05) is 0 Å². The van der Waals surface area contributed by atoms with Crippen molar-refractivity contribution in [1.29, 1.82) is 0 Å². The monoisotopic (exact) mass is 438 g/mol. The predicted molar refractivity (Wildman–Crippen MR) is 111 cm³/mol. The van der Waals surface area contributed by atoms with Gasteiger partial charge in [-0.15, -0.1) is 0 Å². The average Bonchev–Trinajstić information content (AvgIpc) is 2.78. The second kappa shape index (κ2) is 8.52. The van der Waals surface area contributed by atoms with E-state index in [0.717, 1.165) is 4.90 Å². The Labute approximate surface area is 183 Å². The second-order valence-electron chi connectivity index (χ2n) is 7.55. The molecule has 0 spiro atoms. The van der Waals surface area contributed by atoms with Crippen molar-refractivity contribution in [3.63, 3.8) is 0 Å². The molecule has 3 N–H and O–H groups in total. The fourth-order valence-corrected chi connectivity index (χ4v) is 4.91. The first-order valence-corrected chi connectivity index (χ1v) is 10.7. The topological polar surface area (TPSA) is 119 Å². The lowest BCUT2D eigenvalue weighted by molar-refractivity contribution is -0.671. The first kappa shape index (κ1) is 21.1. The summed E-state index contributed by atoms with van der Waals surface area (Å²) in [6.07, 6.45) is 4.74. The number of nitrogens with one attached hydrogen (secondary N) is 1. The summed E-state index contributed by atoms with van der Waals surface area (Å²) >= 11 is 1.31. The van der Waals surface area contributed by atoms with Gasteiger partial charge < -0.3 is 25.9 Å². The van der Waals surface area contributed by atoms with Crippen molar-refractivity contribution < 1.29 is 24.1 Å². The van der Waals surface area contributed by atoms with Gasteiger partial charge in [0.15, 0.2) is 12.4 Å². The number of nitrogens with zero attached hydrogens (tertiary/aromatic N) is 2. The van der Waals surface area contributed by atoms with Gasteiger partial charge in [0.2, 0.25) is 5.91 Å². The molecule has 2 aliphatic heterocycles. The van der Waals surface area contributed by atoms with Gasteiger partial charge in [0.1, 0.15) is 19.1 Å². The number of hydrogen-bond acceptors (Lipinski definition) is 6. The lowest BCUT2D eigenvalue weighted by Crippen LogP contribution is -2.72. The quantitative estimate of drug-likeness (QED) is 0.474. The minimum absolute atomic E-state index is 0.114. The number of nitrogens with two attached hydrogens (primary N) is 1. The largest absolute Gasteiger partial charge is 0.543 e. The zero-order valence-electron chi connectivity index (χ0n) is 16.9. The molecule has 3 atom stereocenters. The number of pyridine rings is 1. The van der Waals surface area contributed by atoms with Gasteiger partial charge >= 0.3 is 0 Å².